The number of aryl methyl sites for hydroxylation is 1. The second-order valence-electron chi connectivity index (χ2n) is 8.00. The maximum atomic E-state index is 15.3. The molecule has 3 heteroatoms. The third kappa shape index (κ3) is 4.01. The first-order valence-corrected chi connectivity index (χ1v) is 11.4. The summed E-state index contributed by atoms with van der Waals surface area (Å²) in [6.07, 6.45) is 7.04. The lowest BCUT2D eigenvalue weighted by Crippen LogP contribution is -2.19. The van der Waals surface area contributed by atoms with Gasteiger partial charge in [-0.1, -0.05) is 63.1 Å². The molecule has 1 nitrogen and oxygen atoms in total. The van der Waals surface area contributed by atoms with Crippen LogP contribution in [0.15, 0.2) is 42.5 Å². The molecule has 2 heterocycles. The summed E-state index contributed by atoms with van der Waals surface area (Å²) < 4.78 is 22.2. The van der Waals surface area contributed by atoms with Crippen LogP contribution in [-0.4, -0.2) is 6.61 Å². The lowest BCUT2D eigenvalue weighted by molar-refractivity contribution is -0.0175. The molecule has 0 aliphatic carbocycles. The molecule has 0 radical (unpaired) electrons. The smallest absolute Gasteiger partial charge is 0.148 e. The van der Waals surface area contributed by atoms with Gasteiger partial charge in [-0.2, -0.15) is 0 Å². The summed E-state index contributed by atoms with van der Waals surface area (Å²) in [5.41, 5.74) is 2.95. The molecule has 4 rings (SSSR count). The molecule has 148 valence electrons. The van der Waals surface area contributed by atoms with Crippen LogP contribution in [-0.2, 0) is 11.2 Å². The van der Waals surface area contributed by atoms with Crippen molar-refractivity contribution in [1.29, 1.82) is 0 Å². The van der Waals surface area contributed by atoms with E-state index in [2.05, 4.69) is 38.1 Å². The maximum Gasteiger partial charge on any atom is 0.148 e. The van der Waals surface area contributed by atoms with Crippen LogP contribution in [0.25, 0.3) is 21.2 Å². The van der Waals surface area contributed by atoms with Crippen molar-refractivity contribution >= 4 is 21.4 Å². The van der Waals surface area contributed by atoms with Crippen molar-refractivity contribution in [1.82, 2.24) is 0 Å². The molecule has 2 aromatic carbocycles. The summed E-state index contributed by atoms with van der Waals surface area (Å²) in [5, 5.41) is 0.989. The van der Waals surface area contributed by atoms with Crippen LogP contribution in [0.1, 0.15) is 62.5 Å². The molecular weight excluding hydrogens is 367 g/mol. The number of hydrogen-bond donors (Lipinski definition) is 0. The van der Waals surface area contributed by atoms with Gasteiger partial charge in [-0.3, -0.25) is 0 Å². The Hall–Kier alpha value is -1.71. The van der Waals surface area contributed by atoms with Gasteiger partial charge in [0.2, 0.25) is 0 Å². The molecule has 3 aromatic rings. The van der Waals surface area contributed by atoms with E-state index in [4.69, 9.17) is 4.74 Å². The van der Waals surface area contributed by atoms with Gasteiger partial charge in [-0.15, -0.1) is 11.3 Å². The van der Waals surface area contributed by atoms with Gasteiger partial charge in [0.25, 0.3) is 0 Å². The van der Waals surface area contributed by atoms with Crippen LogP contribution < -0.4 is 0 Å². The Morgan fingerprint density at radius 3 is 2.54 bits per heavy atom. The van der Waals surface area contributed by atoms with Crippen LogP contribution in [0, 0.1) is 11.7 Å². The summed E-state index contributed by atoms with van der Waals surface area (Å²) in [6, 6.07) is 14.4. The van der Waals surface area contributed by atoms with Crippen molar-refractivity contribution in [3.05, 3.63) is 58.7 Å². The van der Waals surface area contributed by atoms with Gasteiger partial charge >= 0.3 is 0 Å². The zero-order valence-corrected chi connectivity index (χ0v) is 17.7. The first-order chi connectivity index (χ1) is 13.7. The number of fused-ring (bicyclic) bond motifs is 1. The van der Waals surface area contributed by atoms with E-state index in [1.54, 1.807) is 11.3 Å². The summed E-state index contributed by atoms with van der Waals surface area (Å²) >= 11 is 1.57. The Balaban J connectivity index is 1.58. The van der Waals surface area contributed by atoms with E-state index in [1.807, 2.05) is 18.2 Å². The van der Waals surface area contributed by atoms with Crippen LogP contribution >= 0.6 is 11.3 Å². The normalized spacial score (nSPS) is 20.0. The molecule has 2 atom stereocenters. The Morgan fingerprint density at radius 2 is 1.86 bits per heavy atom. The highest BCUT2D eigenvalue weighted by Crippen LogP contribution is 2.40. The molecule has 1 fully saturated rings. The molecule has 0 bridgehead atoms. The first-order valence-electron chi connectivity index (χ1n) is 10.6. The number of benzene rings is 2. The molecule has 28 heavy (non-hydrogen) atoms. The SMILES string of the molecule is CCCc1ccc(-c2ccc3cc(C4CCC(CCC)CO4)sc3c2F)cc1. The average Bonchev–Trinajstić information content (AvgIpc) is 3.16. The van der Waals surface area contributed by atoms with Crippen molar-refractivity contribution in [3.63, 3.8) is 0 Å². The maximum absolute atomic E-state index is 15.3. The van der Waals surface area contributed by atoms with Gasteiger partial charge in [0, 0.05) is 10.4 Å². The Labute approximate surface area is 171 Å². The quantitative estimate of drug-likeness (QED) is 0.411. The van der Waals surface area contributed by atoms with Crippen molar-refractivity contribution < 1.29 is 9.13 Å². The molecule has 1 aromatic heterocycles. The van der Waals surface area contributed by atoms with E-state index in [-0.39, 0.29) is 11.9 Å². The van der Waals surface area contributed by atoms with E-state index >= 15 is 4.39 Å². The predicted molar refractivity (Wildman–Crippen MR) is 118 cm³/mol. The van der Waals surface area contributed by atoms with Gasteiger partial charge in [0.1, 0.15) is 5.82 Å². The summed E-state index contributed by atoms with van der Waals surface area (Å²) in [5.74, 6) is 0.589. The second-order valence-corrected chi connectivity index (χ2v) is 9.08. The second kappa shape index (κ2) is 8.75. The third-order valence-electron chi connectivity index (χ3n) is 5.83. The number of halogens is 1. The fourth-order valence-electron chi connectivity index (χ4n) is 4.28. The van der Waals surface area contributed by atoms with Gasteiger partial charge in [0.15, 0.2) is 0 Å². The largest absolute Gasteiger partial charge is 0.372 e. The van der Waals surface area contributed by atoms with Crippen molar-refractivity contribution in [2.24, 2.45) is 5.92 Å². The minimum atomic E-state index is -0.100. The lowest BCUT2D eigenvalue weighted by atomic mass is 9.94. The lowest BCUT2D eigenvalue weighted by Gasteiger charge is -2.28. The molecule has 2 unspecified atom stereocenters. The standard InChI is InChI=1S/C25H29FOS/c1-3-5-17-7-10-19(11-8-17)21-13-12-20-15-23(28-25(20)24(21)26)22-14-9-18(6-4-2)16-27-22/h7-8,10-13,15,18,22H,3-6,9,14,16H2,1-2H3. The average molecular weight is 397 g/mol. The molecule has 0 saturated carbocycles. The molecule has 0 amide bonds. The zero-order chi connectivity index (χ0) is 19.5. The molecule has 0 N–H and O–H groups in total. The van der Waals surface area contributed by atoms with Crippen molar-refractivity contribution in [2.45, 2.75) is 58.5 Å². The van der Waals surface area contributed by atoms with Crippen LogP contribution in [0.2, 0.25) is 0 Å². The van der Waals surface area contributed by atoms with E-state index in [1.165, 1.54) is 29.7 Å². The predicted octanol–water partition coefficient (Wildman–Crippen LogP) is 7.93. The number of ether oxygens (including phenoxy) is 1. The summed E-state index contributed by atoms with van der Waals surface area (Å²) in [4.78, 5) is 1.17. The monoisotopic (exact) mass is 396 g/mol. The topological polar surface area (TPSA) is 9.23 Å². The number of hydrogen-bond acceptors (Lipinski definition) is 2. The highest BCUT2D eigenvalue weighted by molar-refractivity contribution is 7.19. The van der Waals surface area contributed by atoms with Crippen molar-refractivity contribution in [3.8, 4) is 11.1 Å². The molecule has 0 spiro atoms. The Bertz CT molecular complexity index is 920. The fraction of sp³-hybridized carbons (Fsp3) is 0.440. The highest BCUT2D eigenvalue weighted by Gasteiger charge is 2.24. The minimum absolute atomic E-state index is 0.100. The molecular formula is C25H29FOS. The van der Waals surface area contributed by atoms with E-state index in [9.17, 15) is 0 Å². The molecule has 1 aliphatic rings. The Morgan fingerprint density at radius 1 is 1.04 bits per heavy atom. The first kappa shape index (κ1) is 19.6. The van der Waals surface area contributed by atoms with Gasteiger partial charge in [-0.05, 0) is 54.2 Å². The Kier molecular flexibility index (Phi) is 6.13. The number of thiophene rings is 1. The van der Waals surface area contributed by atoms with Crippen LogP contribution in [0.4, 0.5) is 4.39 Å². The van der Waals surface area contributed by atoms with Crippen molar-refractivity contribution in [2.75, 3.05) is 6.61 Å². The van der Waals surface area contributed by atoms with Gasteiger partial charge in [0.05, 0.1) is 17.4 Å². The van der Waals surface area contributed by atoms with Crippen LogP contribution in [0.5, 0.6) is 0 Å². The van der Waals surface area contributed by atoms with E-state index in [0.29, 0.717) is 11.5 Å². The molecule has 1 saturated heterocycles. The summed E-state index contributed by atoms with van der Waals surface area (Å²) in [6.45, 7) is 5.25. The highest BCUT2D eigenvalue weighted by atomic mass is 32.1. The summed E-state index contributed by atoms with van der Waals surface area (Å²) in [7, 11) is 0. The van der Waals surface area contributed by atoms with Gasteiger partial charge < -0.3 is 4.74 Å². The minimum Gasteiger partial charge on any atom is -0.372 e. The fourth-order valence-corrected chi connectivity index (χ4v) is 5.46. The van der Waals surface area contributed by atoms with E-state index < -0.39 is 0 Å². The van der Waals surface area contributed by atoms with E-state index in [0.717, 1.165) is 41.5 Å². The zero-order valence-electron chi connectivity index (χ0n) is 16.8. The molecule has 1 aliphatic heterocycles. The third-order valence-corrected chi connectivity index (χ3v) is 7.07. The van der Waals surface area contributed by atoms with Gasteiger partial charge in [-0.25, -0.2) is 4.39 Å². The van der Waals surface area contributed by atoms with Crippen LogP contribution in [0.3, 0.4) is 0 Å². The number of rotatable bonds is 6.